The highest BCUT2D eigenvalue weighted by molar-refractivity contribution is 7.89. The van der Waals surface area contributed by atoms with Gasteiger partial charge >= 0.3 is 0 Å². The first-order valence-corrected chi connectivity index (χ1v) is 12.2. The van der Waals surface area contributed by atoms with Crippen LogP contribution in [0.4, 0.5) is 0 Å². The lowest BCUT2D eigenvalue weighted by atomic mass is 9.99. The molecule has 2 heterocycles. The number of sulfonamides is 1. The summed E-state index contributed by atoms with van der Waals surface area (Å²) in [5.74, 6) is -0.00256. The van der Waals surface area contributed by atoms with E-state index in [1.165, 1.54) is 33.7 Å². The van der Waals surface area contributed by atoms with E-state index in [0.717, 1.165) is 17.7 Å². The Labute approximate surface area is 178 Å². The Bertz CT molecular complexity index is 989. The molecular weight excluding hydrogens is 439 g/mol. The standard InChI is InChI=1S/C19H20Cl2N2O3S2/c20-14-5-3-7-17(18(14)21)28(25,26)23-10-8-22(9-11-23)19(24)16-12-13-4-1-2-6-15(13)27-16/h3,5,7,12H,1-2,4,6,8-11H2. The zero-order valence-corrected chi connectivity index (χ0v) is 18.3. The summed E-state index contributed by atoms with van der Waals surface area (Å²) in [4.78, 5) is 16.7. The summed E-state index contributed by atoms with van der Waals surface area (Å²) in [6, 6.07) is 6.60. The second-order valence-corrected chi connectivity index (χ2v) is 10.8. The van der Waals surface area contributed by atoms with Gasteiger partial charge in [0.25, 0.3) is 5.91 Å². The highest BCUT2D eigenvalue weighted by atomic mass is 35.5. The molecule has 0 spiro atoms. The number of amides is 1. The number of halogens is 2. The summed E-state index contributed by atoms with van der Waals surface area (Å²) in [7, 11) is -3.75. The number of thiophene rings is 1. The monoisotopic (exact) mass is 458 g/mol. The third kappa shape index (κ3) is 3.71. The van der Waals surface area contributed by atoms with Gasteiger partial charge in [-0.2, -0.15) is 4.31 Å². The Balaban J connectivity index is 1.46. The summed E-state index contributed by atoms with van der Waals surface area (Å²) in [5, 5.41) is 0.241. The van der Waals surface area contributed by atoms with E-state index in [1.54, 1.807) is 28.4 Å². The first kappa shape index (κ1) is 20.2. The molecule has 1 aromatic carbocycles. The quantitative estimate of drug-likeness (QED) is 0.695. The molecule has 0 bridgehead atoms. The number of carbonyl (C=O) groups is 1. The van der Waals surface area contributed by atoms with Crippen LogP contribution < -0.4 is 0 Å². The first-order valence-electron chi connectivity index (χ1n) is 9.23. The van der Waals surface area contributed by atoms with Gasteiger partial charge in [0, 0.05) is 31.1 Å². The summed E-state index contributed by atoms with van der Waals surface area (Å²) in [5.41, 5.74) is 1.30. The molecule has 5 nitrogen and oxygen atoms in total. The number of hydrogen-bond acceptors (Lipinski definition) is 4. The minimum Gasteiger partial charge on any atom is -0.335 e. The van der Waals surface area contributed by atoms with Gasteiger partial charge in [0.15, 0.2) is 0 Å². The van der Waals surface area contributed by atoms with Crippen molar-refractivity contribution in [1.29, 1.82) is 0 Å². The maximum atomic E-state index is 12.9. The Kier molecular flexibility index (Phi) is 5.73. The van der Waals surface area contributed by atoms with E-state index < -0.39 is 10.0 Å². The second kappa shape index (κ2) is 7.95. The summed E-state index contributed by atoms with van der Waals surface area (Å²) in [6.45, 7) is 1.20. The molecule has 0 atom stereocenters. The number of nitrogens with zero attached hydrogens (tertiary/aromatic N) is 2. The van der Waals surface area contributed by atoms with Gasteiger partial charge in [0.2, 0.25) is 10.0 Å². The Morgan fingerprint density at radius 3 is 2.46 bits per heavy atom. The molecular formula is C19H20Cl2N2O3S2. The van der Waals surface area contributed by atoms with Crippen molar-refractivity contribution in [2.45, 2.75) is 30.6 Å². The van der Waals surface area contributed by atoms with Crippen LogP contribution in [0.1, 0.15) is 33.0 Å². The maximum Gasteiger partial charge on any atom is 0.264 e. The topological polar surface area (TPSA) is 57.7 Å². The van der Waals surface area contributed by atoms with Crippen molar-refractivity contribution in [3.63, 3.8) is 0 Å². The first-order chi connectivity index (χ1) is 13.4. The molecule has 4 rings (SSSR count). The smallest absolute Gasteiger partial charge is 0.264 e. The van der Waals surface area contributed by atoms with Gasteiger partial charge in [-0.05, 0) is 49.4 Å². The fourth-order valence-electron chi connectivity index (χ4n) is 3.71. The lowest BCUT2D eigenvalue weighted by Crippen LogP contribution is -2.50. The molecule has 1 aromatic heterocycles. The molecule has 1 aliphatic carbocycles. The number of hydrogen-bond donors (Lipinski definition) is 0. The molecule has 1 saturated heterocycles. The Morgan fingerprint density at radius 1 is 1.04 bits per heavy atom. The molecule has 150 valence electrons. The minimum atomic E-state index is -3.75. The fraction of sp³-hybridized carbons (Fsp3) is 0.421. The molecule has 1 fully saturated rings. The van der Waals surface area contributed by atoms with Gasteiger partial charge in [0.1, 0.15) is 4.90 Å². The van der Waals surface area contributed by atoms with E-state index in [2.05, 4.69) is 0 Å². The van der Waals surface area contributed by atoms with Gasteiger partial charge in [-0.3, -0.25) is 4.79 Å². The summed E-state index contributed by atoms with van der Waals surface area (Å²) in [6.07, 6.45) is 4.47. The number of piperazine rings is 1. The number of benzene rings is 1. The van der Waals surface area contributed by atoms with Crippen molar-refractivity contribution in [3.8, 4) is 0 Å². The van der Waals surface area contributed by atoms with Crippen LogP contribution in [-0.2, 0) is 22.9 Å². The van der Waals surface area contributed by atoms with Gasteiger partial charge in [-0.15, -0.1) is 11.3 Å². The predicted molar refractivity (Wildman–Crippen MR) is 112 cm³/mol. The highest BCUT2D eigenvalue weighted by Gasteiger charge is 2.32. The molecule has 9 heteroatoms. The van der Waals surface area contributed by atoms with Crippen molar-refractivity contribution >= 4 is 50.5 Å². The van der Waals surface area contributed by atoms with Crippen molar-refractivity contribution in [1.82, 2.24) is 9.21 Å². The number of carbonyl (C=O) groups excluding carboxylic acids is 1. The highest BCUT2D eigenvalue weighted by Crippen LogP contribution is 2.32. The van der Waals surface area contributed by atoms with E-state index in [4.69, 9.17) is 23.2 Å². The lowest BCUT2D eigenvalue weighted by Gasteiger charge is -2.34. The van der Waals surface area contributed by atoms with Crippen molar-refractivity contribution in [2.75, 3.05) is 26.2 Å². The Hall–Kier alpha value is -1.12. The maximum absolute atomic E-state index is 12.9. The third-order valence-corrected chi connectivity index (χ3v) is 9.36. The molecule has 0 unspecified atom stereocenters. The van der Waals surface area contributed by atoms with E-state index in [9.17, 15) is 13.2 Å². The van der Waals surface area contributed by atoms with Gasteiger partial charge < -0.3 is 4.90 Å². The lowest BCUT2D eigenvalue weighted by molar-refractivity contribution is 0.0702. The molecule has 2 aromatic rings. The van der Waals surface area contributed by atoms with Gasteiger partial charge in [0.05, 0.1) is 14.9 Å². The predicted octanol–water partition coefficient (Wildman–Crippen LogP) is 4.08. The van der Waals surface area contributed by atoms with Crippen LogP contribution in [0, 0.1) is 0 Å². The average molecular weight is 459 g/mol. The van der Waals surface area contributed by atoms with E-state index in [0.29, 0.717) is 13.1 Å². The van der Waals surface area contributed by atoms with E-state index >= 15 is 0 Å². The molecule has 2 aliphatic rings. The molecule has 28 heavy (non-hydrogen) atoms. The minimum absolute atomic E-state index is 0.00256. The average Bonchev–Trinajstić information content (AvgIpc) is 3.13. The van der Waals surface area contributed by atoms with Crippen LogP contribution in [0.2, 0.25) is 10.0 Å². The summed E-state index contributed by atoms with van der Waals surface area (Å²) >= 11 is 13.7. The van der Waals surface area contributed by atoms with Crippen LogP contribution in [-0.4, -0.2) is 49.7 Å². The van der Waals surface area contributed by atoms with E-state index in [1.807, 2.05) is 6.07 Å². The van der Waals surface area contributed by atoms with Crippen molar-refractivity contribution in [3.05, 3.63) is 49.6 Å². The molecule has 0 radical (unpaired) electrons. The fourth-order valence-corrected chi connectivity index (χ4v) is 7.09. The zero-order valence-electron chi connectivity index (χ0n) is 15.2. The van der Waals surface area contributed by atoms with Crippen molar-refractivity contribution < 1.29 is 13.2 Å². The number of aryl methyl sites for hydroxylation is 2. The summed E-state index contributed by atoms with van der Waals surface area (Å²) < 4.78 is 27.2. The van der Waals surface area contributed by atoms with Crippen LogP contribution >= 0.6 is 34.5 Å². The second-order valence-electron chi connectivity index (χ2n) is 7.01. The SMILES string of the molecule is O=C(c1cc2c(s1)CCCC2)N1CCN(S(=O)(=O)c2cccc(Cl)c2Cl)CC1. The van der Waals surface area contributed by atoms with Crippen LogP contribution in [0.5, 0.6) is 0 Å². The van der Waals surface area contributed by atoms with Crippen LogP contribution in [0.15, 0.2) is 29.2 Å². The molecule has 1 amide bonds. The van der Waals surface area contributed by atoms with Crippen molar-refractivity contribution in [2.24, 2.45) is 0 Å². The van der Waals surface area contributed by atoms with E-state index in [-0.39, 0.29) is 33.9 Å². The van der Waals surface area contributed by atoms with Gasteiger partial charge in [-0.1, -0.05) is 29.3 Å². The van der Waals surface area contributed by atoms with Crippen LogP contribution in [0.25, 0.3) is 0 Å². The number of fused-ring (bicyclic) bond motifs is 1. The zero-order chi connectivity index (χ0) is 19.9. The molecule has 1 aliphatic heterocycles. The van der Waals surface area contributed by atoms with Gasteiger partial charge in [-0.25, -0.2) is 8.42 Å². The number of rotatable bonds is 3. The third-order valence-electron chi connectivity index (χ3n) is 5.27. The molecule has 0 N–H and O–H groups in total. The normalized spacial score (nSPS) is 18.1. The largest absolute Gasteiger partial charge is 0.335 e. The Morgan fingerprint density at radius 2 is 1.75 bits per heavy atom. The van der Waals surface area contributed by atoms with Crippen LogP contribution in [0.3, 0.4) is 0 Å². The molecule has 0 saturated carbocycles.